The molecule has 0 bridgehead atoms. The van der Waals surface area contributed by atoms with Crippen LogP contribution in [0, 0.1) is 0 Å². The number of benzene rings is 2. The van der Waals surface area contributed by atoms with Gasteiger partial charge in [-0.25, -0.2) is 0 Å². The standard InChI is InChI=1S/C19H24N2O3S/c1-24-19(18-10-6-3-7-11-18)12-14-21(15-13-19)25(22,23)20-16-17-8-4-2-5-9-17/h2-11,20H,12-16H2,1H3. The Bertz CT molecular complexity index is 771. The van der Waals surface area contributed by atoms with Crippen LogP contribution in [0.25, 0.3) is 0 Å². The van der Waals surface area contributed by atoms with Crippen LogP contribution in [-0.2, 0) is 27.1 Å². The minimum Gasteiger partial charge on any atom is -0.373 e. The van der Waals surface area contributed by atoms with Crippen LogP contribution in [0.5, 0.6) is 0 Å². The van der Waals surface area contributed by atoms with E-state index in [1.54, 1.807) is 7.11 Å². The number of methoxy groups -OCH3 is 1. The van der Waals surface area contributed by atoms with Crippen LogP contribution in [0.15, 0.2) is 60.7 Å². The molecule has 5 nitrogen and oxygen atoms in total. The number of rotatable bonds is 6. The lowest BCUT2D eigenvalue weighted by Gasteiger charge is -2.40. The molecule has 0 aliphatic carbocycles. The fourth-order valence-corrected chi connectivity index (χ4v) is 4.50. The fourth-order valence-electron chi connectivity index (χ4n) is 3.30. The van der Waals surface area contributed by atoms with Crippen molar-refractivity contribution >= 4 is 10.2 Å². The second-order valence-corrected chi connectivity index (χ2v) is 8.03. The lowest BCUT2D eigenvalue weighted by Crippen LogP contribution is -2.49. The van der Waals surface area contributed by atoms with Crippen molar-refractivity contribution in [3.63, 3.8) is 0 Å². The van der Waals surface area contributed by atoms with Gasteiger partial charge in [0.25, 0.3) is 10.2 Å². The third-order valence-electron chi connectivity index (χ3n) is 4.86. The second kappa shape index (κ2) is 7.66. The number of ether oxygens (including phenoxy) is 1. The summed E-state index contributed by atoms with van der Waals surface area (Å²) in [5, 5.41) is 0. The first-order chi connectivity index (χ1) is 12.1. The van der Waals surface area contributed by atoms with Gasteiger partial charge in [0, 0.05) is 26.7 Å². The molecule has 0 unspecified atom stereocenters. The van der Waals surface area contributed by atoms with E-state index in [0.717, 1.165) is 11.1 Å². The predicted octanol–water partition coefficient (Wildman–Crippen LogP) is 2.66. The van der Waals surface area contributed by atoms with Crippen LogP contribution in [0.4, 0.5) is 0 Å². The molecule has 0 spiro atoms. The fraction of sp³-hybridized carbons (Fsp3) is 0.368. The lowest BCUT2D eigenvalue weighted by molar-refractivity contribution is -0.0508. The van der Waals surface area contributed by atoms with Gasteiger partial charge in [-0.2, -0.15) is 17.4 Å². The van der Waals surface area contributed by atoms with E-state index < -0.39 is 15.8 Å². The van der Waals surface area contributed by atoms with Gasteiger partial charge < -0.3 is 4.74 Å². The Balaban J connectivity index is 1.64. The first-order valence-electron chi connectivity index (χ1n) is 8.45. The average molecular weight is 360 g/mol. The highest BCUT2D eigenvalue weighted by Crippen LogP contribution is 2.36. The summed E-state index contributed by atoms with van der Waals surface area (Å²) in [5.41, 5.74) is 1.64. The normalized spacial score (nSPS) is 18.1. The summed E-state index contributed by atoms with van der Waals surface area (Å²) in [6.07, 6.45) is 1.28. The molecule has 2 aromatic rings. The molecule has 1 saturated heterocycles. The summed E-state index contributed by atoms with van der Waals surface area (Å²) in [5.74, 6) is 0. The first-order valence-corrected chi connectivity index (χ1v) is 9.89. The molecule has 0 aromatic heterocycles. The third-order valence-corrected chi connectivity index (χ3v) is 6.42. The second-order valence-electron chi connectivity index (χ2n) is 6.28. The van der Waals surface area contributed by atoms with Gasteiger partial charge in [0.1, 0.15) is 0 Å². The minimum absolute atomic E-state index is 0.299. The van der Waals surface area contributed by atoms with E-state index in [4.69, 9.17) is 4.74 Å². The maximum atomic E-state index is 12.6. The molecule has 25 heavy (non-hydrogen) atoms. The van der Waals surface area contributed by atoms with E-state index >= 15 is 0 Å². The number of nitrogens with zero attached hydrogens (tertiary/aromatic N) is 1. The van der Waals surface area contributed by atoms with Gasteiger partial charge in [0.2, 0.25) is 0 Å². The summed E-state index contributed by atoms with van der Waals surface area (Å²) in [7, 11) is -1.80. The highest BCUT2D eigenvalue weighted by Gasteiger charge is 2.39. The zero-order valence-corrected chi connectivity index (χ0v) is 15.2. The quantitative estimate of drug-likeness (QED) is 0.862. The predicted molar refractivity (Wildman–Crippen MR) is 98.1 cm³/mol. The van der Waals surface area contributed by atoms with Crippen molar-refractivity contribution < 1.29 is 13.2 Å². The summed E-state index contributed by atoms with van der Waals surface area (Å²) in [6, 6.07) is 19.6. The monoisotopic (exact) mass is 360 g/mol. The Morgan fingerprint density at radius 1 is 1.00 bits per heavy atom. The number of nitrogens with one attached hydrogen (secondary N) is 1. The van der Waals surface area contributed by atoms with Crippen LogP contribution in [0.1, 0.15) is 24.0 Å². The van der Waals surface area contributed by atoms with Crippen molar-refractivity contribution in [2.45, 2.75) is 25.0 Å². The summed E-state index contributed by atoms with van der Waals surface area (Å²) in [6.45, 7) is 1.17. The molecule has 0 atom stereocenters. The van der Waals surface area contributed by atoms with E-state index in [1.807, 2.05) is 60.7 Å². The van der Waals surface area contributed by atoms with E-state index in [9.17, 15) is 8.42 Å². The van der Waals surface area contributed by atoms with Crippen molar-refractivity contribution in [2.75, 3.05) is 20.2 Å². The van der Waals surface area contributed by atoms with Gasteiger partial charge in [-0.1, -0.05) is 60.7 Å². The van der Waals surface area contributed by atoms with Gasteiger partial charge in [-0.05, 0) is 24.0 Å². The summed E-state index contributed by atoms with van der Waals surface area (Å²) >= 11 is 0. The van der Waals surface area contributed by atoms with Crippen LogP contribution in [0.2, 0.25) is 0 Å². The van der Waals surface area contributed by atoms with Crippen LogP contribution < -0.4 is 4.72 Å². The van der Waals surface area contributed by atoms with E-state index in [2.05, 4.69) is 4.72 Å². The largest absolute Gasteiger partial charge is 0.373 e. The Hall–Kier alpha value is -1.73. The van der Waals surface area contributed by atoms with Crippen molar-refractivity contribution in [1.29, 1.82) is 0 Å². The Labute approximate surface area is 149 Å². The number of hydrogen-bond donors (Lipinski definition) is 1. The highest BCUT2D eigenvalue weighted by atomic mass is 32.2. The van der Waals surface area contributed by atoms with Gasteiger partial charge in [0.15, 0.2) is 0 Å². The van der Waals surface area contributed by atoms with Crippen LogP contribution in [-0.4, -0.2) is 32.9 Å². The van der Waals surface area contributed by atoms with Crippen LogP contribution in [0.3, 0.4) is 0 Å². The molecule has 0 saturated carbocycles. The van der Waals surface area contributed by atoms with Gasteiger partial charge in [0.05, 0.1) is 5.60 Å². The van der Waals surface area contributed by atoms with Gasteiger partial charge in [-0.3, -0.25) is 0 Å². The molecule has 1 aliphatic rings. The molecule has 1 N–H and O–H groups in total. The topological polar surface area (TPSA) is 58.6 Å². The maximum Gasteiger partial charge on any atom is 0.279 e. The Kier molecular flexibility index (Phi) is 5.54. The number of piperidine rings is 1. The molecule has 1 heterocycles. The van der Waals surface area contributed by atoms with Crippen LogP contribution >= 0.6 is 0 Å². The summed E-state index contributed by atoms with van der Waals surface area (Å²) < 4.78 is 35.1. The smallest absolute Gasteiger partial charge is 0.279 e. The minimum atomic E-state index is -3.49. The lowest BCUT2D eigenvalue weighted by atomic mass is 9.85. The van der Waals surface area contributed by atoms with E-state index in [-0.39, 0.29) is 0 Å². The number of hydrogen-bond acceptors (Lipinski definition) is 3. The van der Waals surface area contributed by atoms with E-state index in [0.29, 0.717) is 32.5 Å². The maximum absolute atomic E-state index is 12.6. The molecule has 6 heteroatoms. The molecule has 1 aliphatic heterocycles. The molecule has 0 amide bonds. The van der Waals surface area contributed by atoms with Crippen molar-refractivity contribution in [1.82, 2.24) is 9.03 Å². The van der Waals surface area contributed by atoms with Gasteiger partial charge >= 0.3 is 0 Å². The zero-order chi connectivity index (χ0) is 17.8. The molecule has 2 aromatic carbocycles. The Morgan fingerprint density at radius 2 is 1.56 bits per heavy atom. The molecule has 1 fully saturated rings. The summed E-state index contributed by atoms with van der Waals surface area (Å²) in [4.78, 5) is 0. The SMILES string of the molecule is COC1(c2ccccc2)CCN(S(=O)(=O)NCc2ccccc2)CC1. The third kappa shape index (κ3) is 4.10. The molecule has 0 radical (unpaired) electrons. The zero-order valence-electron chi connectivity index (χ0n) is 14.4. The van der Waals surface area contributed by atoms with Crippen molar-refractivity contribution in [3.8, 4) is 0 Å². The molecular formula is C19H24N2O3S. The Morgan fingerprint density at radius 3 is 2.12 bits per heavy atom. The highest BCUT2D eigenvalue weighted by molar-refractivity contribution is 7.87. The average Bonchev–Trinajstić information content (AvgIpc) is 2.68. The van der Waals surface area contributed by atoms with E-state index in [1.165, 1.54) is 4.31 Å². The molecular weight excluding hydrogens is 336 g/mol. The van der Waals surface area contributed by atoms with Gasteiger partial charge in [-0.15, -0.1) is 0 Å². The first kappa shape index (κ1) is 18.1. The van der Waals surface area contributed by atoms with Crippen molar-refractivity contribution in [2.24, 2.45) is 0 Å². The van der Waals surface area contributed by atoms with Crippen molar-refractivity contribution in [3.05, 3.63) is 71.8 Å². The molecule has 3 rings (SSSR count). The molecule has 134 valence electrons.